The van der Waals surface area contributed by atoms with Crippen LogP contribution in [-0.4, -0.2) is 28.7 Å². The zero-order valence-electron chi connectivity index (χ0n) is 17.7. The van der Waals surface area contributed by atoms with E-state index in [2.05, 4.69) is 10.3 Å². The fraction of sp³-hybridized carbons (Fsp3) is 0.160. The van der Waals surface area contributed by atoms with E-state index in [0.29, 0.717) is 28.0 Å². The maximum atomic E-state index is 13.4. The molecule has 0 fully saturated rings. The number of H-pyrrole nitrogens is 1. The monoisotopic (exact) mass is 431 g/mol. The molecule has 1 aliphatic heterocycles. The number of hydrogen-bond donors (Lipinski definition) is 2. The van der Waals surface area contributed by atoms with E-state index >= 15 is 0 Å². The third kappa shape index (κ3) is 4.23. The van der Waals surface area contributed by atoms with Crippen molar-refractivity contribution in [2.45, 2.75) is 19.3 Å². The van der Waals surface area contributed by atoms with Crippen molar-refractivity contribution < 1.29 is 14.0 Å². The van der Waals surface area contributed by atoms with Crippen LogP contribution in [0.15, 0.2) is 77.4 Å². The summed E-state index contributed by atoms with van der Waals surface area (Å²) in [7, 11) is 1.60. The van der Waals surface area contributed by atoms with Crippen LogP contribution in [0.25, 0.3) is 11.1 Å². The lowest BCUT2D eigenvalue weighted by molar-refractivity contribution is -0.128. The van der Waals surface area contributed by atoms with Gasteiger partial charge in [0.05, 0.1) is 0 Å². The van der Waals surface area contributed by atoms with Crippen LogP contribution in [-0.2, 0) is 9.59 Å². The number of aryl methyl sites for hydroxylation is 1. The zero-order valence-corrected chi connectivity index (χ0v) is 17.7. The Balaban J connectivity index is 1.67. The predicted molar refractivity (Wildman–Crippen MR) is 120 cm³/mol. The zero-order chi connectivity index (χ0) is 22.8. The Labute approximate surface area is 184 Å². The van der Waals surface area contributed by atoms with Crippen LogP contribution in [0.5, 0.6) is 0 Å². The van der Waals surface area contributed by atoms with E-state index in [1.165, 1.54) is 23.2 Å². The van der Waals surface area contributed by atoms with Crippen LogP contribution >= 0.6 is 0 Å². The summed E-state index contributed by atoms with van der Waals surface area (Å²) in [5, 5.41) is 2.92. The Hall–Kier alpha value is -4.00. The van der Waals surface area contributed by atoms with Crippen LogP contribution in [0.2, 0.25) is 0 Å². The number of hydrogen-bond acceptors (Lipinski definition) is 3. The van der Waals surface area contributed by atoms with Gasteiger partial charge in [-0.3, -0.25) is 14.4 Å². The fourth-order valence-corrected chi connectivity index (χ4v) is 3.78. The van der Waals surface area contributed by atoms with Gasteiger partial charge in [-0.1, -0.05) is 24.3 Å². The molecule has 7 heteroatoms. The smallest absolute Gasteiger partial charge is 0.255 e. The molecule has 0 spiro atoms. The Bertz CT molecular complexity index is 1280. The second kappa shape index (κ2) is 8.63. The largest absolute Gasteiger partial charge is 0.329 e. The van der Waals surface area contributed by atoms with E-state index in [0.717, 1.165) is 5.56 Å². The molecule has 2 heterocycles. The van der Waals surface area contributed by atoms with Crippen molar-refractivity contribution in [2.24, 2.45) is 0 Å². The highest BCUT2D eigenvalue weighted by Gasteiger charge is 2.31. The molecule has 0 bridgehead atoms. The number of aromatic amines is 1. The molecule has 1 aromatic heterocycles. The number of carbonyl (C=O) groups excluding carboxylic acids is 2. The van der Waals surface area contributed by atoms with Gasteiger partial charge in [-0.15, -0.1) is 0 Å². The third-order valence-corrected chi connectivity index (χ3v) is 5.63. The first-order chi connectivity index (χ1) is 15.3. The van der Waals surface area contributed by atoms with Crippen LogP contribution < -0.4 is 10.9 Å². The van der Waals surface area contributed by atoms with Gasteiger partial charge < -0.3 is 15.2 Å². The average molecular weight is 431 g/mol. The van der Waals surface area contributed by atoms with Gasteiger partial charge in [0.2, 0.25) is 5.91 Å². The summed E-state index contributed by atoms with van der Waals surface area (Å²) in [6.45, 7) is 1.86. The summed E-state index contributed by atoms with van der Waals surface area (Å²) in [4.78, 5) is 41.8. The molecule has 3 aromatic rings. The predicted octanol–water partition coefficient (Wildman–Crippen LogP) is 3.96. The van der Waals surface area contributed by atoms with Gasteiger partial charge in [0.25, 0.3) is 11.5 Å². The number of aromatic nitrogens is 1. The standard InChI is InChI=1S/C25H22FN3O3/c1-15-5-6-17(19-4-3-11-27-24(19)31)12-22(15)28-25(32)21-14-29(2)23(30)13-20(21)16-7-9-18(26)10-8-16/h3-12,14,20H,13H2,1-2H3,(H,27,31)(H,28,32)/t20-/m0/s1. The number of carbonyl (C=O) groups is 2. The molecule has 0 saturated heterocycles. The molecule has 162 valence electrons. The number of rotatable bonds is 4. The molecule has 0 aliphatic carbocycles. The van der Waals surface area contributed by atoms with Crippen molar-refractivity contribution in [3.8, 4) is 11.1 Å². The summed E-state index contributed by atoms with van der Waals surface area (Å²) in [5.74, 6) is -1.36. The van der Waals surface area contributed by atoms with Crippen molar-refractivity contribution in [3.05, 3.63) is 99.9 Å². The summed E-state index contributed by atoms with van der Waals surface area (Å²) in [5.41, 5.74) is 3.43. The third-order valence-electron chi connectivity index (χ3n) is 5.63. The highest BCUT2D eigenvalue weighted by atomic mass is 19.1. The van der Waals surface area contributed by atoms with Crippen LogP contribution in [0.3, 0.4) is 0 Å². The molecule has 2 aromatic carbocycles. The first kappa shape index (κ1) is 21.2. The van der Waals surface area contributed by atoms with E-state index in [1.807, 2.05) is 19.1 Å². The number of amides is 2. The van der Waals surface area contributed by atoms with E-state index < -0.39 is 5.92 Å². The topological polar surface area (TPSA) is 82.3 Å². The van der Waals surface area contributed by atoms with E-state index in [4.69, 9.17) is 0 Å². The lowest BCUT2D eigenvalue weighted by Gasteiger charge is -2.28. The Kier molecular flexibility index (Phi) is 5.73. The van der Waals surface area contributed by atoms with Crippen LogP contribution in [0, 0.1) is 12.7 Å². The summed E-state index contributed by atoms with van der Waals surface area (Å²) >= 11 is 0. The molecule has 2 N–H and O–H groups in total. The quantitative estimate of drug-likeness (QED) is 0.656. The number of benzene rings is 2. The maximum absolute atomic E-state index is 13.4. The molecule has 2 amide bonds. The fourth-order valence-electron chi connectivity index (χ4n) is 3.78. The van der Waals surface area contributed by atoms with Gasteiger partial charge in [-0.25, -0.2) is 4.39 Å². The normalized spacial score (nSPS) is 16.0. The molecular formula is C25H22FN3O3. The number of halogens is 1. The van der Waals surface area contributed by atoms with E-state index in [1.54, 1.807) is 43.6 Å². The van der Waals surface area contributed by atoms with Crippen LogP contribution in [0.1, 0.15) is 23.5 Å². The van der Waals surface area contributed by atoms with Crippen molar-refractivity contribution >= 4 is 17.5 Å². The van der Waals surface area contributed by atoms with Gasteiger partial charge in [0.15, 0.2) is 0 Å². The molecule has 0 unspecified atom stereocenters. The number of nitrogens with one attached hydrogen (secondary N) is 2. The molecule has 0 radical (unpaired) electrons. The van der Waals surface area contributed by atoms with Crippen molar-refractivity contribution in [1.29, 1.82) is 0 Å². The van der Waals surface area contributed by atoms with E-state index in [-0.39, 0.29) is 29.6 Å². The summed E-state index contributed by atoms with van der Waals surface area (Å²) in [6, 6.07) is 14.7. The molecule has 6 nitrogen and oxygen atoms in total. The van der Waals surface area contributed by atoms with Gasteiger partial charge in [-0.2, -0.15) is 0 Å². The number of pyridine rings is 1. The highest BCUT2D eigenvalue weighted by molar-refractivity contribution is 6.07. The second-order valence-corrected chi connectivity index (χ2v) is 7.79. The molecule has 4 rings (SSSR count). The second-order valence-electron chi connectivity index (χ2n) is 7.79. The Morgan fingerprint density at radius 2 is 1.88 bits per heavy atom. The summed E-state index contributed by atoms with van der Waals surface area (Å²) < 4.78 is 13.4. The van der Waals surface area contributed by atoms with Gasteiger partial charge in [-0.05, 0) is 53.9 Å². The lowest BCUT2D eigenvalue weighted by Crippen LogP contribution is -2.33. The average Bonchev–Trinajstić information content (AvgIpc) is 2.78. The number of anilines is 1. The van der Waals surface area contributed by atoms with Gasteiger partial charge >= 0.3 is 0 Å². The van der Waals surface area contributed by atoms with Crippen LogP contribution in [0.4, 0.5) is 10.1 Å². The minimum atomic E-state index is -0.486. The SMILES string of the molecule is Cc1ccc(-c2ccc[nH]c2=O)cc1NC(=O)C1=CN(C)C(=O)C[C@H]1c1ccc(F)cc1. The molecular weight excluding hydrogens is 409 g/mol. The maximum Gasteiger partial charge on any atom is 0.255 e. The van der Waals surface area contributed by atoms with Crippen molar-refractivity contribution in [2.75, 3.05) is 12.4 Å². The minimum absolute atomic E-state index is 0.111. The highest BCUT2D eigenvalue weighted by Crippen LogP contribution is 2.34. The molecule has 0 saturated carbocycles. The first-order valence-electron chi connectivity index (χ1n) is 10.2. The van der Waals surface area contributed by atoms with Gasteiger partial charge in [0.1, 0.15) is 5.82 Å². The molecule has 1 atom stereocenters. The molecule has 32 heavy (non-hydrogen) atoms. The number of nitrogens with zero attached hydrogens (tertiary/aromatic N) is 1. The lowest BCUT2D eigenvalue weighted by atomic mass is 9.85. The van der Waals surface area contributed by atoms with E-state index in [9.17, 15) is 18.8 Å². The minimum Gasteiger partial charge on any atom is -0.329 e. The van der Waals surface area contributed by atoms with Crippen molar-refractivity contribution in [1.82, 2.24) is 9.88 Å². The first-order valence-corrected chi connectivity index (χ1v) is 10.2. The Morgan fingerprint density at radius 3 is 2.59 bits per heavy atom. The summed E-state index contributed by atoms with van der Waals surface area (Å²) in [6.07, 6.45) is 3.20. The molecule has 1 aliphatic rings. The Morgan fingerprint density at radius 1 is 1.12 bits per heavy atom. The van der Waals surface area contributed by atoms with Gasteiger partial charge in [0, 0.05) is 48.6 Å². The van der Waals surface area contributed by atoms with Crippen molar-refractivity contribution in [3.63, 3.8) is 0 Å².